The van der Waals surface area contributed by atoms with E-state index in [-0.39, 0.29) is 6.29 Å². The molecule has 0 aromatic heterocycles. The lowest BCUT2D eigenvalue weighted by Gasteiger charge is -2.36. The molecule has 0 bridgehead atoms. The molecule has 1 aliphatic heterocycles. The molecule has 0 N–H and O–H groups in total. The summed E-state index contributed by atoms with van der Waals surface area (Å²) in [6.45, 7) is 7.67. The van der Waals surface area contributed by atoms with Crippen molar-refractivity contribution in [1.29, 1.82) is 0 Å². The van der Waals surface area contributed by atoms with Gasteiger partial charge < -0.3 is 9.47 Å². The summed E-state index contributed by atoms with van der Waals surface area (Å²) in [6.07, 6.45) is 14.7. The lowest BCUT2D eigenvalue weighted by atomic mass is 9.95. The second kappa shape index (κ2) is 11.6. The predicted octanol–water partition coefficient (Wildman–Crippen LogP) is 5.69. The lowest BCUT2D eigenvalue weighted by molar-refractivity contribution is -0.240. The van der Waals surface area contributed by atoms with Crippen molar-refractivity contribution >= 4 is 0 Å². The van der Waals surface area contributed by atoms with Crippen LogP contribution in [0.25, 0.3) is 0 Å². The molecule has 1 fully saturated rings. The molecular weight excluding hydrogens is 248 g/mol. The van der Waals surface area contributed by atoms with Gasteiger partial charge in [0.05, 0.1) is 12.7 Å². The SMILES string of the molecule is CCCCCCCCC[C@@H]1OC[C@H](CC)[C@H](CCC)O1. The van der Waals surface area contributed by atoms with E-state index in [1.807, 2.05) is 0 Å². The fourth-order valence-electron chi connectivity index (χ4n) is 3.07. The van der Waals surface area contributed by atoms with Gasteiger partial charge in [-0.2, -0.15) is 0 Å². The molecule has 0 aromatic rings. The third-order valence-electron chi connectivity index (χ3n) is 4.49. The van der Waals surface area contributed by atoms with Crippen LogP contribution in [0.2, 0.25) is 0 Å². The lowest BCUT2D eigenvalue weighted by Crippen LogP contribution is -2.39. The van der Waals surface area contributed by atoms with Crippen LogP contribution < -0.4 is 0 Å². The highest BCUT2D eigenvalue weighted by Crippen LogP contribution is 2.27. The first kappa shape index (κ1) is 18.0. The van der Waals surface area contributed by atoms with Crippen LogP contribution in [0.3, 0.4) is 0 Å². The van der Waals surface area contributed by atoms with Crippen LogP contribution in [0.1, 0.15) is 91.4 Å². The second-order valence-corrected chi connectivity index (χ2v) is 6.30. The first-order valence-electron chi connectivity index (χ1n) is 9.08. The van der Waals surface area contributed by atoms with Crippen LogP contribution in [-0.4, -0.2) is 19.0 Å². The maximum atomic E-state index is 6.15. The second-order valence-electron chi connectivity index (χ2n) is 6.30. The Labute approximate surface area is 126 Å². The van der Waals surface area contributed by atoms with Crippen molar-refractivity contribution in [2.24, 2.45) is 5.92 Å². The largest absolute Gasteiger partial charge is 0.352 e. The smallest absolute Gasteiger partial charge is 0.157 e. The van der Waals surface area contributed by atoms with Gasteiger partial charge in [-0.15, -0.1) is 0 Å². The van der Waals surface area contributed by atoms with E-state index in [4.69, 9.17) is 9.47 Å². The Morgan fingerprint density at radius 3 is 2.15 bits per heavy atom. The van der Waals surface area contributed by atoms with Gasteiger partial charge in [-0.05, 0) is 25.7 Å². The Balaban J connectivity index is 2.09. The molecule has 0 radical (unpaired) electrons. The average Bonchev–Trinajstić information content (AvgIpc) is 2.47. The molecule has 3 atom stereocenters. The van der Waals surface area contributed by atoms with E-state index in [9.17, 15) is 0 Å². The van der Waals surface area contributed by atoms with E-state index in [1.165, 1.54) is 64.2 Å². The summed E-state index contributed by atoms with van der Waals surface area (Å²) in [5.74, 6) is 0.611. The number of unbranched alkanes of at least 4 members (excludes halogenated alkanes) is 6. The molecule has 0 aromatic carbocycles. The van der Waals surface area contributed by atoms with Crippen molar-refractivity contribution < 1.29 is 9.47 Å². The van der Waals surface area contributed by atoms with E-state index >= 15 is 0 Å². The van der Waals surface area contributed by atoms with E-state index in [1.54, 1.807) is 0 Å². The summed E-state index contributed by atoms with van der Waals surface area (Å²) in [5.41, 5.74) is 0. The zero-order valence-electron chi connectivity index (χ0n) is 14.0. The fraction of sp³-hybridized carbons (Fsp3) is 1.00. The van der Waals surface area contributed by atoms with Gasteiger partial charge in [-0.3, -0.25) is 0 Å². The average molecular weight is 284 g/mol. The molecule has 0 unspecified atom stereocenters. The van der Waals surface area contributed by atoms with Crippen LogP contribution in [0.15, 0.2) is 0 Å². The molecule has 1 rings (SSSR count). The first-order chi connectivity index (χ1) is 9.81. The normalized spacial score (nSPS) is 26.9. The van der Waals surface area contributed by atoms with Crippen molar-refractivity contribution in [2.75, 3.05) is 6.61 Å². The standard InChI is InChI=1S/C18H36O2/c1-4-7-8-9-10-11-12-14-18-19-15-16(6-3)17(20-18)13-5-2/h16-18H,4-15H2,1-3H3/t16-,17-,18+/m0/s1. The maximum Gasteiger partial charge on any atom is 0.157 e. The van der Waals surface area contributed by atoms with E-state index < -0.39 is 0 Å². The van der Waals surface area contributed by atoms with Crippen molar-refractivity contribution in [1.82, 2.24) is 0 Å². The zero-order valence-corrected chi connectivity index (χ0v) is 14.0. The molecular formula is C18H36O2. The number of hydrogen-bond donors (Lipinski definition) is 0. The van der Waals surface area contributed by atoms with E-state index in [0.29, 0.717) is 12.0 Å². The summed E-state index contributed by atoms with van der Waals surface area (Å²) in [4.78, 5) is 0. The first-order valence-corrected chi connectivity index (χ1v) is 9.08. The Bertz CT molecular complexity index is 217. The topological polar surface area (TPSA) is 18.5 Å². The van der Waals surface area contributed by atoms with Crippen molar-refractivity contribution in [3.63, 3.8) is 0 Å². The van der Waals surface area contributed by atoms with Gasteiger partial charge in [-0.25, -0.2) is 0 Å². The van der Waals surface area contributed by atoms with Gasteiger partial charge in [0.25, 0.3) is 0 Å². The van der Waals surface area contributed by atoms with Gasteiger partial charge in [-0.1, -0.05) is 65.7 Å². The Kier molecular flexibility index (Phi) is 10.4. The van der Waals surface area contributed by atoms with Gasteiger partial charge in [0, 0.05) is 5.92 Å². The molecule has 0 spiro atoms. The summed E-state index contributed by atoms with van der Waals surface area (Å²) < 4.78 is 12.0. The summed E-state index contributed by atoms with van der Waals surface area (Å²) in [5, 5.41) is 0. The van der Waals surface area contributed by atoms with E-state index in [2.05, 4.69) is 20.8 Å². The van der Waals surface area contributed by atoms with Crippen LogP contribution in [0.4, 0.5) is 0 Å². The molecule has 0 amide bonds. The van der Waals surface area contributed by atoms with Gasteiger partial charge in [0.1, 0.15) is 0 Å². The minimum Gasteiger partial charge on any atom is -0.352 e. The highest BCUT2D eigenvalue weighted by atomic mass is 16.7. The third kappa shape index (κ3) is 7.08. The number of rotatable bonds is 11. The summed E-state index contributed by atoms with van der Waals surface area (Å²) in [7, 11) is 0. The van der Waals surface area contributed by atoms with Crippen LogP contribution >= 0.6 is 0 Å². The van der Waals surface area contributed by atoms with E-state index in [0.717, 1.165) is 13.0 Å². The molecule has 1 saturated heterocycles. The molecule has 120 valence electrons. The Hall–Kier alpha value is -0.0800. The number of hydrogen-bond acceptors (Lipinski definition) is 2. The van der Waals surface area contributed by atoms with Gasteiger partial charge >= 0.3 is 0 Å². The third-order valence-corrected chi connectivity index (χ3v) is 4.49. The van der Waals surface area contributed by atoms with Gasteiger partial charge in [0.15, 0.2) is 6.29 Å². The Morgan fingerprint density at radius 2 is 1.50 bits per heavy atom. The zero-order chi connectivity index (χ0) is 14.6. The Morgan fingerprint density at radius 1 is 0.800 bits per heavy atom. The molecule has 20 heavy (non-hydrogen) atoms. The van der Waals surface area contributed by atoms with Crippen molar-refractivity contribution in [3.05, 3.63) is 0 Å². The molecule has 2 nitrogen and oxygen atoms in total. The molecule has 0 aliphatic carbocycles. The van der Waals surface area contributed by atoms with Crippen LogP contribution in [-0.2, 0) is 9.47 Å². The molecule has 1 aliphatic rings. The maximum absolute atomic E-state index is 6.15. The summed E-state index contributed by atoms with van der Waals surface area (Å²) in [6, 6.07) is 0. The van der Waals surface area contributed by atoms with Crippen LogP contribution in [0.5, 0.6) is 0 Å². The quantitative estimate of drug-likeness (QED) is 0.453. The predicted molar refractivity (Wildman–Crippen MR) is 85.9 cm³/mol. The van der Waals surface area contributed by atoms with Gasteiger partial charge in [0.2, 0.25) is 0 Å². The van der Waals surface area contributed by atoms with Crippen molar-refractivity contribution in [3.8, 4) is 0 Å². The van der Waals surface area contributed by atoms with Crippen molar-refractivity contribution in [2.45, 2.75) is 104 Å². The number of ether oxygens (including phenoxy) is 2. The highest BCUT2D eigenvalue weighted by Gasteiger charge is 2.29. The monoisotopic (exact) mass is 284 g/mol. The fourth-order valence-corrected chi connectivity index (χ4v) is 3.07. The minimum atomic E-state index is 0.0741. The molecule has 1 heterocycles. The minimum absolute atomic E-state index is 0.0741. The van der Waals surface area contributed by atoms with Crippen LogP contribution in [0, 0.1) is 5.92 Å². The molecule has 0 saturated carbocycles. The summed E-state index contributed by atoms with van der Waals surface area (Å²) >= 11 is 0. The molecule has 2 heteroatoms. The highest BCUT2D eigenvalue weighted by molar-refractivity contribution is 4.73.